The number of H-pyrrole nitrogens is 1. The molecule has 21 heavy (non-hydrogen) atoms. The van der Waals surface area contributed by atoms with Gasteiger partial charge in [-0.05, 0) is 38.6 Å². The molecule has 0 aliphatic carbocycles. The normalized spacial score (nSPS) is 24.0. The van der Waals surface area contributed by atoms with Crippen molar-refractivity contribution in [2.24, 2.45) is 0 Å². The second-order valence-corrected chi connectivity index (χ2v) is 6.23. The summed E-state index contributed by atoms with van der Waals surface area (Å²) >= 11 is 0. The number of nitrogens with one attached hydrogen (secondary N) is 2. The summed E-state index contributed by atoms with van der Waals surface area (Å²) in [5.74, 6) is 1.10. The number of hydrogen-bond acceptors (Lipinski definition) is 4. The summed E-state index contributed by atoms with van der Waals surface area (Å²) in [5.41, 5.74) is 3.57. The molecule has 0 amide bonds. The summed E-state index contributed by atoms with van der Waals surface area (Å²) in [6.45, 7) is 5.52. The van der Waals surface area contributed by atoms with Crippen molar-refractivity contribution in [1.29, 1.82) is 0 Å². The minimum atomic E-state index is 0.401. The minimum Gasteiger partial charge on any atom is -0.367 e. The molecule has 5 nitrogen and oxygen atoms in total. The van der Waals surface area contributed by atoms with Crippen molar-refractivity contribution in [3.63, 3.8) is 0 Å². The highest BCUT2D eigenvalue weighted by Crippen LogP contribution is 2.29. The lowest BCUT2D eigenvalue weighted by Gasteiger charge is -2.34. The molecule has 1 unspecified atom stereocenters. The third-order valence-corrected chi connectivity index (χ3v) is 4.74. The second-order valence-electron chi connectivity index (χ2n) is 6.23. The maximum atomic E-state index is 4.92. The Hall–Kier alpha value is -1.59. The Kier molecular flexibility index (Phi) is 3.31. The summed E-state index contributed by atoms with van der Waals surface area (Å²) < 4.78 is 0. The molecular formula is C16H23N5. The highest BCUT2D eigenvalue weighted by molar-refractivity contribution is 5.89. The van der Waals surface area contributed by atoms with Gasteiger partial charge in [-0.1, -0.05) is 6.07 Å². The summed E-state index contributed by atoms with van der Waals surface area (Å²) in [4.78, 5) is 13.3. The maximum Gasteiger partial charge on any atom is 0.124 e. The van der Waals surface area contributed by atoms with E-state index in [1.807, 2.05) is 0 Å². The van der Waals surface area contributed by atoms with Gasteiger partial charge in [0.1, 0.15) is 11.3 Å². The van der Waals surface area contributed by atoms with Gasteiger partial charge in [0, 0.05) is 26.2 Å². The van der Waals surface area contributed by atoms with Crippen molar-refractivity contribution in [3.8, 4) is 0 Å². The molecule has 2 aromatic rings. The van der Waals surface area contributed by atoms with Crippen LogP contribution in [0.5, 0.6) is 0 Å². The van der Waals surface area contributed by atoms with Gasteiger partial charge in [-0.2, -0.15) is 0 Å². The lowest BCUT2D eigenvalue weighted by molar-refractivity contribution is 0.313. The number of fused-ring (bicyclic) bond motifs is 1. The van der Waals surface area contributed by atoms with Crippen molar-refractivity contribution in [3.05, 3.63) is 24.0 Å². The molecule has 2 N–H and O–H groups in total. The van der Waals surface area contributed by atoms with Crippen LogP contribution in [-0.2, 0) is 0 Å². The molecule has 2 saturated heterocycles. The minimum absolute atomic E-state index is 0.401. The molecule has 0 spiro atoms. The van der Waals surface area contributed by atoms with Gasteiger partial charge in [0.15, 0.2) is 0 Å². The summed E-state index contributed by atoms with van der Waals surface area (Å²) in [5, 5.41) is 3.52. The Labute approximate surface area is 125 Å². The van der Waals surface area contributed by atoms with Crippen LogP contribution >= 0.6 is 0 Å². The number of hydrogen-bond donors (Lipinski definition) is 2. The second kappa shape index (κ2) is 5.31. The first-order chi connectivity index (χ1) is 10.3. The van der Waals surface area contributed by atoms with Crippen molar-refractivity contribution < 1.29 is 0 Å². The van der Waals surface area contributed by atoms with Gasteiger partial charge >= 0.3 is 0 Å². The van der Waals surface area contributed by atoms with Crippen molar-refractivity contribution in [2.45, 2.75) is 18.9 Å². The number of imidazole rings is 1. The largest absolute Gasteiger partial charge is 0.367 e. The number of benzene rings is 1. The van der Waals surface area contributed by atoms with Crippen LogP contribution in [0.3, 0.4) is 0 Å². The predicted octanol–water partition coefficient (Wildman–Crippen LogP) is 1.74. The zero-order valence-corrected chi connectivity index (χ0v) is 12.6. The van der Waals surface area contributed by atoms with E-state index in [0.29, 0.717) is 6.04 Å². The highest BCUT2D eigenvalue weighted by Gasteiger charge is 2.22. The van der Waals surface area contributed by atoms with E-state index in [4.69, 9.17) is 4.98 Å². The van der Waals surface area contributed by atoms with Crippen LogP contribution in [-0.4, -0.2) is 54.6 Å². The first kappa shape index (κ1) is 13.1. The van der Waals surface area contributed by atoms with Crippen LogP contribution < -0.4 is 10.2 Å². The van der Waals surface area contributed by atoms with Crippen LogP contribution in [0.2, 0.25) is 0 Å². The molecule has 2 aliphatic rings. The van der Waals surface area contributed by atoms with Gasteiger partial charge < -0.3 is 20.1 Å². The maximum absolute atomic E-state index is 4.92. The Morgan fingerprint density at radius 2 is 2.05 bits per heavy atom. The Morgan fingerprint density at radius 1 is 1.19 bits per heavy atom. The number of para-hydroxylation sites is 1. The Bertz CT molecular complexity index is 621. The first-order valence-electron chi connectivity index (χ1n) is 7.97. The van der Waals surface area contributed by atoms with Gasteiger partial charge in [-0.15, -0.1) is 0 Å². The molecule has 1 aromatic heterocycles. The van der Waals surface area contributed by atoms with Crippen LogP contribution in [0, 0.1) is 0 Å². The van der Waals surface area contributed by atoms with E-state index in [9.17, 15) is 0 Å². The SMILES string of the molecule is CN1CCN(c2cccc3[nH]c(C4CCCN4)nc23)CC1. The predicted molar refractivity (Wildman–Crippen MR) is 85.8 cm³/mol. The lowest BCUT2D eigenvalue weighted by atomic mass is 10.2. The van der Waals surface area contributed by atoms with E-state index in [-0.39, 0.29) is 0 Å². The molecule has 3 heterocycles. The number of anilines is 1. The molecule has 0 saturated carbocycles. The van der Waals surface area contributed by atoms with Gasteiger partial charge in [-0.3, -0.25) is 0 Å². The standard InChI is InChI=1S/C16H23N5/c1-20-8-10-21(11-9-20)14-6-2-4-12-15(14)19-16(18-12)13-5-3-7-17-13/h2,4,6,13,17H,3,5,7-11H2,1H3,(H,18,19). The van der Waals surface area contributed by atoms with Crippen molar-refractivity contribution in [1.82, 2.24) is 20.2 Å². The quantitative estimate of drug-likeness (QED) is 0.882. The van der Waals surface area contributed by atoms with Gasteiger partial charge in [0.2, 0.25) is 0 Å². The molecule has 1 aromatic carbocycles. The average molecular weight is 285 g/mol. The number of aromatic amines is 1. The van der Waals surface area contributed by atoms with Crippen LogP contribution in [0.1, 0.15) is 24.7 Å². The fourth-order valence-corrected chi connectivity index (χ4v) is 3.42. The van der Waals surface area contributed by atoms with E-state index in [1.165, 1.54) is 18.5 Å². The molecular weight excluding hydrogens is 262 g/mol. The molecule has 1 atom stereocenters. The van der Waals surface area contributed by atoms with Crippen LogP contribution in [0.4, 0.5) is 5.69 Å². The van der Waals surface area contributed by atoms with Crippen LogP contribution in [0.25, 0.3) is 11.0 Å². The Balaban J connectivity index is 1.68. The van der Waals surface area contributed by atoms with Gasteiger partial charge in [0.05, 0.1) is 17.2 Å². The molecule has 0 radical (unpaired) electrons. The third-order valence-electron chi connectivity index (χ3n) is 4.74. The number of nitrogens with zero attached hydrogens (tertiary/aromatic N) is 3. The van der Waals surface area contributed by atoms with E-state index in [2.05, 4.69) is 45.3 Å². The highest BCUT2D eigenvalue weighted by atomic mass is 15.3. The summed E-state index contributed by atoms with van der Waals surface area (Å²) in [7, 11) is 2.19. The van der Waals surface area contributed by atoms with E-state index < -0.39 is 0 Å². The monoisotopic (exact) mass is 285 g/mol. The molecule has 112 valence electrons. The molecule has 2 fully saturated rings. The average Bonchev–Trinajstić information content (AvgIpc) is 3.16. The van der Waals surface area contributed by atoms with Gasteiger partial charge in [0.25, 0.3) is 0 Å². The topological polar surface area (TPSA) is 47.2 Å². The van der Waals surface area contributed by atoms with Crippen LogP contribution in [0.15, 0.2) is 18.2 Å². The zero-order chi connectivity index (χ0) is 14.2. The fourth-order valence-electron chi connectivity index (χ4n) is 3.42. The summed E-state index contributed by atoms with van der Waals surface area (Å²) in [6.07, 6.45) is 2.43. The van der Waals surface area contributed by atoms with E-state index in [1.54, 1.807) is 0 Å². The van der Waals surface area contributed by atoms with Crippen molar-refractivity contribution >= 4 is 16.7 Å². The van der Waals surface area contributed by atoms with Gasteiger partial charge in [-0.25, -0.2) is 4.98 Å². The fraction of sp³-hybridized carbons (Fsp3) is 0.562. The molecule has 2 aliphatic heterocycles. The Morgan fingerprint density at radius 3 is 2.81 bits per heavy atom. The third kappa shape index (κ3) is 2.40. The molecule has 4 rings (SSSR count). The number of likely N-dealkylation sites (N-methyl/N-ethyl adjacent to an activating group) is 1. The zero-order valence-electron chi connectivity index (χ0n) is 12.6. The number of piperazine rings is 1. The number of aromatic nitrogens is 2. The first-order valence-corrected chi connectivity index (χ1v) is 7.97. The van der Waals surface area contributed by atoms with E-state index in [0.717, 1.165) is 49.6 Å². The smallest absolute Gasteiger partial charge is 0.124 e. The molecule has 5 heteroatoms. The van der Waals surface area contributed by atoms with Crippen molar-refractivity contribution in [2.75, 3.05) is 44.7 Å². The lowest BCUT2D eigenvalue weighted by Crippen LogP contribution is -2.44. The summed E-state index contributed by atoms with van der Waals surface area (Å²) in [6, 6.07) is 6.89. The number of rotatable bonds is 2. The van der Waals surface area contributed by atoms with E-state index >= 15 is 0 Å². The molecule has 0 bridgehead atoms.